The van der Waals surface area contributed by atoms with Crippen LogP contribution < -0.4 is 4.74 Å². The Kier molecular flexibility index (Phi) is 4.45. The molecule has 1 amide bonds. The second kappa shape index (κ2) is 7.11. The zero-order chi connectivity index (χ0) is 19.1. The van der Waals surface area contributed by atoms with E-state index in [1.807, 2.05) is 36.4 Å². The van der Waals surface area contributed by atoms with Gasteiger partial charge in [0, 0.05) is 37.3 Å². The number of thiophene rings is 1. The summed E-state index contributed by atoms with van der Waals surface area (Å²) < 4.78 is 7.45. The molecule has 2 aliphatic rings. The van der Waals surface area contributed by atoms with Crippen LogP contribution in [0.25, 0.3) is 0 Å². The third kappa shape index (κ3) is 3.02. The lowest BCUT2D eigenvalue weighted by atomic mass is 10.0. The molecule has 2 aromatic heterocycles. The predicted octanol–water partition coefficient (Wildman–Crippen LogP) is 3.64. The molecule has 5 nitrogen and oxygen atoms in total. The van der Waals surface area contributed by atoms with E-state index in [9.17, 15) is 4.79 Å². The number of carbonyl (C=O) groups excluding carboxylic acids is 1. The number of carbonyl (C=O) groups is 1. The molecule has 1 aromatic carbocycles. The van der Waals surface area contributed by atoms with Gasteiger partial charge < -0.3 is 14.2 Å². The molecular weight excluding hydrogens is 370 g/mol. The molecule has 0 aliphatic carbocycles. The minimum Gasteiger partial charge on any atom is -0.497 e. The second-order valence-corrected chi connectivity index (χ2v) is 8.52. The van der Waals surface area contributed by atoms with Gasteiger partial charge in [-0.25, -0.2) is 0 Å². The van der Waals surface area contributed by atoms with Gasteiger partial charge in [0.2, 0.25) is 0 Å². The van der Waals surface area contributed by atoms with Crippen LogP contribution in [0.2, 0.25) is 0 Å². The van der Waals surface area contributed by atoms with Crippen molar-refractivity contribution in [3.05, 3.63) is 76.2 Å². The van der Waals surface area contributed by atoms with Gasteiger partial charge >= 0.3 is 0 Å². The van der Waals surface area contributed by atoms with Crippen molar-refractivity contribution < 1.29 is 9.53 Å². The maximum Gasteiger partial charge on any atom is 0.271 e. The molecule has 1 fully saturated rings. The number of aromatic nitrogens is 1. The molecule has 28 heavy (non-hydrogen) atoms. The first-order valence-corrected chi connectivity index (χ1v) is 10.5. The third-order valence-corrected chi connectivity index (χ3v) is 6.68. The van der Waals surface area contributed by atoms with E-state index in [-0.39, 0.29) is 11.9 Å². The smallest absolute Gasteiger partial charge is 0.271 e. The molecule has 0 bridgehead atoms. The monoisotopic (exact) mass is 393 g/mol. The lowest BCUT2D eigenvalue weighted by Crippen LogP contribution is -2.49. The number of methoxy groups -OCH3 is 1. The first-order chi connectivity index (χ1) is 13.7. The predicted molar refractivity (Wildman–Crippen MR) is 110 cm³/mol. The highest BCUT2D eigenvalue weighted by Crippen LogP contribution is 2.35. The van der Waals surface area contributed by atoms with Gasteiger partial charge in [-0.3, -0.25) is 9.69 Å². The van der Waals surface area contributed by atoms with Gasteiger partial charge in [-0.2, -0.15) is 0 Å². The van der Waals surface area contributed by atoms with Crippen molar-refractivity contribution in [1.82, 2.24) is 14.4 Å². The van der Waals surface area contributed by atoms with Crippen molar-refractivity contribution >= 4 is 17.2 Å². The summed E-state index contributed by atoms with van der Waals surface area (Å²) in [6.07, 6.45) is 2.06. The Morgan fingerprint density at radius 1 is 1.04 bits per heavy atom. The Morgan fingerprint density at radius 2 is 1.86 bits per heavy atom. The van der Waals surface area contributed by atoms with Gasteiger partial charge in [0.25, 0.3) is 5.91 Å². The van der Waals surface area contributed by atoms with Crippen molar-refractivity contribution in [3.8, 4) is 5.75 Å². The van der Waals surface area contributed by atoms with Crippen LogP contribution in [-0.4, -0.2) is 46.5 Å². The summed E-state index contributed by atoms with van der Waals surface area (Å²) in [6, 6.07) is 16.7. The minimum atomic E-state index is 0.125. The molecule has 5 rings (SSSR count). The number of nitrogens with zero attached hydrogens (tertiary/aromatic N) is 3. The van der Waals surface area contributed by atoms with Crippen LogP contribution in [0.3, 0.4) is 0 Å². The summed E-state index contributed by atoms with van der Waals surface area (Å²) in [7, 11) is 1.67. The van der Waals surface area contributed by atoms with Gasteiger partial charge in [-0.15, -0.1) is 11.3 Å². The highest BCUT2D eigenvalue weighted by molar-refractivity contribution is 7.09. The van der Waals surface area contributed by atoms with Crippen molar-refractivity contribution in [2.45, 2.75) is 25.2 Å². The summed E-state index contributed by atoms with van der Waals surface area (Å²) in [4.78, 5) is 19.2. The number of fused-ring (bicyclic) bond motifs is 3. The summed E-state index contributed by atoms with van der Waals surface area (Å²) >= 11 is 1.80. The molecule has 4 heterocycles. The van der Waals surface area contributed by atoms with E-state index >= 15 is 0 Å². The molecule has 144 valence electrons. The molecule has 6 heteroatoms. The van der Waals surface area contributed by atoms with E-state index < -0.39 is 0 Å². The van der Waals surface area contributed by atoms with Crippen LogP contribution in [0, 0.1) is 0 Å². The largest absolute Gasteiger partial charge is 0.497 e. The molecule has 0 radical (unpaired) electrons. The maximum absolute atomic E-state index is 13.2. The average Bonchev–Trinajstić information content (AvgIpc) is 3.46. The van der Waals surface area contributed by atoms with Crippen LogP contribution >= 0.6 is 11.3 Å². The van der Waals surface area contributed by atoms with E-state index in [0.29, 0.717) is 12.6 Å². The maximum atomic E-state index is 13.2. The molecule has 0 spiro atoms. The highest BCUT2D eigenvalue weighted by atomic mass is 32.1. The van der Waals surface area contributed by atoms with Gasteiger partial charge in [-0.05, 0) is 41.3 Å². The zero-order valence-corrected chi connectivity index (χ0v) is 16.6. The molecule has 0 saturated carbocycles. The highest BCUT2D eigenvalue weighted by Gasteiger charge is 2.44. The number of amides is 1. The average molecular weight is 394 g/mol. The molecule has 2 atom stereocenters. The van der Waals surface area contributed by atoms with E-state index in [0.717, 1.165) is 36.6 Å². The fraction of sp³-hybridized carbons (Fsp3) is 0.318. The molecule has 1 saturated heterocycles. The number of ether oxygens (including phenoxy) is 1. The summed E-state index contributed by atoms with van der Waals surface area (Å²) in [5.41, 5.74) is 1.93. The molecular formula is C22H23N3O2S. The van der Waals surface area contributed by atoms with Crippen LogP contribution in [0.5, 0.6) is 5.75 Å². The number of benzene rings is 1. The standard InChI is InChI=1S/C22H23N3O2S/c1-27-17-8-6-16(7-9-17)12-25-21-15-23(13-18-4-3-11-28-18)14-20(21)24-10-2-5-19(24)22(25)26/h2-11,20-21H,12-15H2,1H3/t20-,21-/m0/s1. The number of rotatable bonds is 5. The third-order valence-electron chi connectivity index (χ3n) is 5.82. The Balaban J connectivity index is 1.42. The molecule has 0 N–H and O–H groups in total. The zero-order valence-electron chi connectivity index (χ0n) is 15.8. The fourth-order valence-corrected chi connectivity index (χ4v) is 5.20. The topological polar surface area (TPSA) is 37.7 Å². The lowest BCUT2D eigenvalue weighted by molar-refractivity contribution is 0.0556. The fourth-order valence-electron chi connectivity index (χ4n) is 4.46. The van der Waals surface area contributed by atoms with Crippen molar-refractivity contribution in [2.75, 3.05) is 20.2 Å². The van der Waals surface area contributed by atoms with E-state index in [1.54, 1.807) is 18.4 Å². The van der Waals surface area contributed by atoms with Gasteiger partial charge in [0.1, 0.15) is 11.4 Å². The number of hydrogen-bond donors (Lipinski definition) is 0. The Labute approximate surface area is 168 Å². The first-order valence-electron chi connectivity index (χ1n) is 9.58. The van der Waals surface area contributed by atoms with E-state index in [1.165, 1.54) is 4.88 Å². The van der Waals surface area contributed by atoms with Gasteiger partial charge in [0.15, 0.2) is 0 Å². The number of hydrogen-bond acceptors (Lipinski definition) is 4. The molecule has 2 aliphatic heterocycles. The minimum absolute atomic E-state index is 0.125. The van der Waals surface area contributed by atoms with Crippen molar-refractivity contribution in [1.29, 1.82) is 0 Å². The SMILES string of the molecule is COc1ccc(CN2C(=O)c3cccn3[C@H]3CN(Cc4cccs4)C[C@@H]32)cc1. The Morgan fingerprint density at radius 3 is 2.61 bits per heavy atom. The van der Waals surface area contributed by atoms with E-state index in [4.69, 9.17) is 4.74 Å². The lowest BCUT2D eigenvalue weighted by Gasteiger charge is -2.38. The second-order valence-electron chi connectivity index (χ2n) is 7.49. The normalized spacial score (nSPS) is 21.6. The molecule has 3 aromatic rings. The Hall–Kier alpha value is -2.57. The summed E-state index contributed by atoms with van der Waals surface area (Å²) in [5, 5.41) is 2.13. The summed E-state index contributed by atoms with van der Waals surface area (Å²) in [5.74, 6) is 0.962. The van der Waals surface area contributed by atoms with Crippen LogP contribution in [0.1, 0.15) is 27.0 Å². The Bertz CT molecular complexity index is 964. The molecule has 0 unspecified atom stereocenters. The van der Waals surface area contributed by atoms with Crippen molar-refractivity contribution in [3.63, 3.8) is 0 Å². The van der Waals surface area contributed by atoms with Crippen LogP contribution in [0.15, 0.2) is 60.1 Å². The quantitative estimate of drug-likeness (QED) is 0.664. The first kappa shape index (κ1) is 17.5. The van der Waals surface area contributed by atoms with Crippen LogP contribution in [0.4, 0.5) is 0 Å². The van der Waals surface area contributed by atoms with Gasteiger partial charge in [-0.1, -0.05) is 18.2 Å². The summed E-state index contributed by atoms with van der Waals surface area (Å²) in [6.45, 7) is 3.45. The van der Waals surface area contributed by atoms with Crippen molar-refractivity contribution in [2.24, 2.45) is 0 Å². The number of likely N-dealkylation sites (tertiary alicyclic amines) is 1. The van der Waals surface area contributed by atoms with Crippen LogP contribution in [-0.2, 0) is 13.1 Å². The van der Waals surface area contributed by atoms with Gasteiger partial charge in [0.05, 0.1) is 19.2 Å². The van der Waals surface area contributed by atoms with E-state index in [2.05, 4.69) is 38.1 Å².